The van der Waals surface area contributed by atoms with Gasteiger partial charge in [0.05, 0.1) is 6.10 Å². The molecule has 7 nitrogen and oxygen atoms in total. The molecule has 0 fully saturated rings. The van der Waals surface area contributed by atoms with E-state index in [4.69, 9.17) is 0 Å². The van der Waals surface area contributed by atoms with Crippen LogP contribution in [0.1, 0.15) is 24.4 Å². The highest BCUT2D eigenvalue weighted by Gasteiger charge is 2.05. The Kier molecular flexibility index (Phi) is 4.67. The highest BCUT2D eigenvalue weighted by atomic mass is 16.5. The number of nitrogens with one attached hydrogen (secondary N) is 2. The Labute approximate surface area is 116 Å². The highest BCUT2D eigenvalue weighted by molar-refractivity contribution is 5.89. The summed E-state index contributed by atoms with van der Waals surface area (Å²) in [6.45, 7) is 2.07. The molecule has 2 rings (SSSR count). The van der Waals surface area contributed by atoms with Gasteiger partial charge >= 0.3 is 6.03 Å². The number of carbonyl (C=O) groups is 1. The van der Waals surface area contributed by atoms with Gasteiger partial charge in [0.25, 0.3) is 0 Å². The fourth-order valence-corrected chi connectivity index (χ4v) is 1.64. The second-order valence-corrected chi connectivity index (χ2v) is 4.28. The number of anilines is 1. The molecule has 1 aromatic heterocycles. The first-order chi connectivity index (χ1) is 9.65. The Bertz CT molecular complexity index is 555. The third-order valence-electron chi connectivity index (χ3n) is 2.67. The summed E-state index contributed by atoms with van der Waals surface area (Å²) in [4.78, 5) is 15.5. The highest BCUT2D eigenvalue weighted by Crippen LogP contribution is 2.16. The van der Waals surface area contributed by atoms with Crippen LogP contribution in [0.4, 0.5) is 10.5 Å². The molecule has 3 N–H and O–H groups in total. The Morgan fingerprint density at radius 1 is 1.50 bits per heavy atom. The SMILES string of the molecule is CC(O)c1cccc(NC(=O)NCCc2ncon2)c1. The van der Waals surface area contributed by atoms with E-state index in [1.807, 2.05) is 0 Å². The maximum atomic E-state index is 11.7. The molecular weight excluding hydrogens is 260 g/mol. The van der Waals surface area contributed by atoms with Crippen LogP contribution in [-0.2, 0) is 6.42 Å². The fourth-order valence-electron chi connectivity index (χ4n) is 1.64. The summed E-state index contributed by atoms with van der Waals surface area (Å²) in [7, 11) is 0. The summed E-state index contributed by atoms with van der Waals surface area (Å²) in [5.41, 5.74) is 1.37. The van der Waals surface area contributed by atoms with Gasteiger partial charge in [0.2, 0.25) is 6.39 Å². The van der Waals surface area contributed by atoms with Gasteiger partial charge in [-0.05, 0) is 24.6 Å². The normalized spacial score (nSPS) is 11.9. The molecule has 0 saturated heterocycles. The zero-order valence-electron chi connectivity index (χ0n) is 11.0. The van der Waals surface area contributed by atoms with Gasteiger partial charge in [0.1, 0.15) is 0 Å². The first-order valence-electron chi connectivity index (χ1n) is 6.23. The van der Waals surface area contributed by atoms with E-state index in [2.05, 4.69) is 25.3 Å². The Morgan fingerprint density at radius 3 is 3.05 bits per heavy atom. The van der Waals surface area contributed by atoms with Crippen molar-refractivity contribution in [2.24, 2.45) is 0 Å². The van der Waals surface area contributed by atoms with Crippen LogP contribution < -0.4 is 10.6 Å². The summed E-state index contributed by atoms with van der Waals surface area (Å²) in [6, 6.07) is 6.73. The van der Waals surface area contributed by atoms with E-state index in [0.717, 1.165) is 5.56 Å². The molecule has 0 aliphatic rings. The Balaban J connectivity index is 1.80. The molecule has 0 spiro atoms. The van der Waals surface area contributed by atoms with Gasteiger partial charge in [0.15, 0.2) is 5.82 Å². The molecule has 20 heavy (non-hydrogen) atoms. The molecule has 0 saturated carbocycles. The molecule has 1 unspecified atom stereocenters. The van der Waals surface area contributed by atoms with Gasteiger partial charge in [-0.3, -0.25) is 0 Å². The van der Waals surface area contributed by atoms with E-state index >= 15 is 0 Å². The van der Waals surface area contributed by atoms with Crippen LogP contribution in [0, 0.1) is 0 Å². The average molecular weight is 276 g/mol. The lowest BCUT2D eigenvalue weighted by atomic mass is 10.1. The molecule has 0 aliphatic carbocycles. The summed E-state index contributed by atoms with van der Waals surface area (Å²) in [6.07, 6.45) is 1.17. The predicted molar refractivity (Wildman–Crippen MR) is 72.1 cm³/mol. The van der Waals surface area contributed by atoms with Crippen molar-refractivity contribution in [1.29, 1.82) is 0 Å². The quantitative estimate of drug-likeness (QED) is 0.768. The monoisotopic (exact) mass is 276 g/mol. The number of nitrogens with zero attached hydrogens (tertiary/aromatic N) is 2. The second-order valence-electron chi connectivity index (χ2n) is 4.28. The van der Waals surface area contributed by atoms with Crippen molar-refractivity contribution in [1.82, 2.24) is 15.5 Å². The van der Waals surface area contributed by atoms with E-state index in [1.54, 1.807) is 31.2 Å². The Hall–Kier alpha value is -2.41. The summed E-state index contributed by atoms with van der Waals surface area (Å²) >= 11 is 0. The Morgan fingerprint density at radius 2 is 2.35 bits per heavy atom. The predicted octanol–water partition coefficient (Wildman–Crippen LogP) is 1.49. The number of hydrogen-bond donors (Lipinski definition) is 3. The molecule has 0 bridgehead atoms. The lowest BCUT2D eigenvalue weighted by Crippen LogP contribution is -2.30. The maximum absolute atomic E-state index is 11.7. The first kappa shape index (κ1) is 14.0. The number of carbonyl (C=O) groups excluding carboxylic acids is 1. The van der Waals surface area contributed by atoms with Crippen molar-refractivity contribution < 1.29 is 14.4 Å². The molecular formula is C13H16N4O3. The van der Waals surface area contributed by atoms with E-state index in [-0.39, 0.29) is 6.03 Å². The van der Waals surface area contributed by atoms with Crippen LogP contribution in [0.15, 0.2) is 35.2 Å². The lowest BCUT2D eigenvalue weighted by Gasteiger charge is -2.09. The smallest absolute Gasteiger partial charge is 0.319 e. The zero-order chi connectivity index (χ0) is 14.4. The molecule has 2 amide bonds. The van der Waals surface area contributed by atoms with Gasteiger partial charge in [0, 0.05) is 18.7 Å². The lowest BCUT2D eigenvalue weighted by molar-refractivity contribution is 0.199. The third kappa shape index (κ3) is 4.06. The maximum Gasteiger partial charge on any atom is 0.319 e. The summed E-state index contributed by atoms with van der Waals surface area (Å²) < 4.78 is 4.59. The van der Waals surface area contributed by atoms with Crippen molar-refractivity contribution >= 4 is 11.7 Å². The van der Waals surface area contributed by atoms with Crippen molar-refractivity contribution in [3.05, 3.63) is 42.0 Å². The standard InChI is InChI=1S/C13H16N4O3/c1-9(18)10-3-2-4-11(7-10)16-13(19)14-6-5-12-15-8-20-17-12/h2-4,7-9,18H,5-6H2,1H3,(H2,14,16,19). The fraction of sp³-hybridized carbons (Fsp3) is 0.308. The van der Waals surface area contributed by atoms with Gasteiger partial charge in [-0.1, -0.05) is 17.3 Å². The minimum atomic E-state index is -0.571. The number of aliphatic hydroxyl groups is 1. The molecule has 2 aromatic rings. The van der Waals surface area contributed by atoms with Crippen LogP contribution in [0.5, 0.6) is 0 Å². The topological polar surface area (TPSA) is 100 Å². The number of amides is 2. The van der Waals surface area contributed by atoms with Gasteiger partial charge in [-0.2, -0.15) is 4.98 Å². The molecule has 1 heterocycles. The van der Waals surface area contributed by atoms with E-state index in [0.29, 0.717) is 24.5 Å². The average Bonchev–Trinajstić information content (AvgIpc) is 2.92. The van der Waals surface area contributed by atoms with Crippen LogP contribution in [0.25, 0.3) is 0 Å². The number of rotatable bonds is 5. The van der Waals surface area contributed by atoms with Crippen LogP contribution in [0.2, 0.25) is 0 Å². The van der Waals surface area contributed by atoms with Crippen LogP contribution in [-0.4, -0.2) is 27.8 Å². The van der Waals surface area contributed by atoms with E-state index < -0.39 is 6.10 Å². The summed E-state index contributed by atoms with van der Waals surface area (Å²) in [5, 5.41) is 18.5. The minimum absolute atomic E-state index is 0.323. The molecule has 0 aliphatic heterocycles. The minimum Gasteiger partial charge on any atom is -0.389 e. The first-order valence-corrected chi connectivity index (χ1v) is 6.23. The number of hydrogen-bond acceptors (Lipinski definition) is 5. The molecule has 106 valence electrons. The molecule has 0 radical (unpaired) electrons. The number of aromatic nitrogens is 2. The third-order valence-corrected chi connectivity index (χ3v) is 2.67. The van der Waals surface area contributed by atoms with Crippen molar-refractivity contribution in [3.8, 4) is 0 Å². The zero-order valence-corrected chi connectivity index (χ0v) is 11.0. The van der Waals surface area contributed by atoms with Crippen molar-refractivity contribution in [3.63, 3.8) is 0 Å². The molecule has 7 heteroatoms. The van der Waals surface area contributed by atoms with Gasteiger partial charge in [-0.25, -0.2) is 4.79 Å². The van der Waals surface area contributed by atoms with E-state index in [1.165, 1.54) is 6.39 Å². The van der Waals surface area contributed by atoms with Crippen LogP contribution >= 0.6 is 0 Å². The largest absolute Gasteiger partial charge is 0.389 e. The number of aliphatic hydroxyl groups excluding tert-OH is 1. The summed E-state index contributed by atoms with van der Waals surface area (Å²) in [5.74, 6) is 0.543. The molecule has 1 atom stereocenters. The molecule has 1 aromatic carbocycles. The van der Waals surface area contributed by atoms with Gasteiger partial charge < -0.3 is 20.3 Å². The van der Waals surface area contributed by atoms with Crippen LogP contribution in [0.3, 0.4) is 0 Å². The van der Waals surface area contributed by atoms with E-state index in [9.17, 15) is 9.90 Å². The van der Waals surface area contributed by atoms with Crippen molar-refractivity contribution in [2.75, 3.05) is 11.9 Å². The van der Waals surface area contributed by atoms with Gasteiger partial charge in [-0.15, -0.1) is 0 Å². The van der Waals surface area contributed by atoms with Crippen molar-refractivity contribution in [2.45, 2.75) is 19.4 Å². The number of urea groups is 1. The second kappa shape index (κ2) is 6.67. The number of benzene rings is 1.